The molecule has 0 bridgehead atoms. The SMILES string of the molecule is CCc1ccc(C(Cc2ccncc2)(NCCC2CCNCC2)C(N)=O)cc1. The molecule has 1 aliphatic heterocycles. The quantitative estimate of drug-likeness (QED) is 0.625. The van der Waals surface area contributed by atoms with E-state index in [2.05, 4.69) is 34.7 Å². The first-order chi connectivity index (χ1) is 13.6. The zero-order valence-electron chi connectivity index (χ0n) is 16.8. The van der Waals surface area contributed by atoms with E-state index >= 15 is 0 Å². The fourth-order valence-electron chi connectivity index (χ4n) is 4.07. The van der Waals surface area contributed by atoms with Crippen molar-refractivity contribution in [2.45, 2.75) is 44.6 Å². The molecule has 1 fully saturated rings. The van der Waals surface area contributed by atoms with Crippen LogP contribution in [0.2, 0.25) is 0 Å². The lowest BCUT2D eigenvalue weighted by Crippen LogP contribution is -2.54. The van der Waals surface area contributed by atoms with Crippen LogP contribution in [0.5, 0.6) is 0 Å². The third-order valence-corrected chi connectivity index (χ3v) is 5.93. The maximum atomic E-state index is 12.8. The Bertz CT molecular complexity index is 741. The summed E-state index contributed by atoms with van der Waals surface area (Å²) < 4.78 is 0. The minimum Gasteiger partial charge on any atom is -0.368 e. The van der Waals surface area contributed by atoms with Crippen LogP contribution in [0.25, 0.3) is 0 Å². The van der Waals surface area contributed by atoms with E-state index in [9.17, 15) is 4.79 Å². The van der Waals surface area contributed by atoms with Gasteiger partial charge in [-0.2, -0.15) is 0 Å². The predicted octanol–water partition coefficient (Wildman–Crippen LogP) is 2.55. The summed E-state index contributed by atoms with van der Waals surface area (Å²) in [5.74, 6) is 0.363. The Morgan fingerprint density at radius 3 is 2.43 bits per heavy atom. The molecule has 1 amide bonds. The van der Waals surface area contributed by atoms with E-state index < -0.39 is 5.54 Å². The molecule has 4 N–H and O–H groups in total. The molecule has 0 spiro atoms. The number of piperidine rings is 1. The molecule has 5 nitrogen and oxygen atoms in total. The molecular formula is C23H32N4O. The first kappa shape index (κ1) is 20.5. The number of carbonyl (C=O) groups excluding carboxylic acids is 1. The predicted molar refractivity (Wildman–Crippen MR) is 113 cm³/mol. The second-order valence-corrected chi connectivity index (χ2v) is 7.76. The molecule has 150 valence electrons. The molecule has 28 heavy (non-hydrogen) atoms. The van der Waals surface area contributed by atoms with E-state index in [-0.39, 0.29) is 5.91 Å². The van der Waals surface area contributed by atoms with Crippen molar-refractivity contribution < 1.29 is 4.79 Å². The fourth-order valence-corrected chi connectivity index (χ4v) is 4.07. The van der Waals surface area contributed by atoms with Crippen LogP contribution in [-0.2, 0) is 23.2 Å². The van der Waals surface area contributed by atoms with Gasteiger partial charge in [-0.25, -0.2) is 0 Å². The fraction of sp³-hybridized carbons (Fsp3) is 0.478. The van der Waals surface area contributed by atoms with E-state index in [0.29, 0.717) is 12.3 Å². The minimum atomic E-state index is -0.916. The van der Waals surface area contributed by atoms with Crippen LogP contribution in [0.1, 0.15) is 42.9 Å². The zero-order chi connectivity index (χ0) is 19.8. The molecule has 1 aromatic heterocycles. The first-order valence-corrected chi connectivity index (χ1v) is 10.4. The van der Waals surface area contributed by atoms with Crippen LogP contribution in [0.15, 0.2) is 48.8 Å². The number of rotatable bonds is 9. The Labute approximate surface area is 168 Å². The molecule has 2 heterocycles. The van der Waals surface area contributed by atoms with E-state index in [1.54, 1.807) is 12.4 Å². The molecule has 1 aliphatic rings. The second-order valence-electron chi connectivity index (χ2n) is 7.76. The van der Waals surface area contributed by atoms with Gasteiger partial charge in [0.05, 0.1) is 0 Å². The zero-order valence-corrected chi connectivity index (χ0v) is 16.8. The third kappa shape index (κ3) is 4.97. The monoisotopic (exact) mass is 380 g/mol. The highest BCUT2D eigenvalue weighted by Crippen LogP contribution is 2.27. The summed E-state index contributed by atoms with van der Waals surface area (Å²) in [6.07, 6.45) is 8.45. The van der Waals surface area contributed by atoms with Gasteiger partial charge in [-0.3, -0.25) is 15.1 Å². The molecule has 0 aliphatic carbocycles. The molecule has 0 saturated carbocycles. The number of nitrogens with zero attached hydrogens (tertiary/aromatic N) is 1. The summed E-state index contributed by atoms with van der Waals surface area (Å²) in [5.41, 5.74) is 8.32. The van der Waals surface area contributed by atoms with Crippen LogP contribution in [-0.4, -0.2) is 30.5 Å². The molecule has 1 unspecified atom stereocenters. The number of carbonyl (C=O) groups is 1. The van der Waals surface area contributed by atoms with Crippen molar-refractivity contribution in [1.29, 1.82) is 0 Å². The number of amides is 1. The number of benzene rings is 1. The minimum absolute atomic E-state index is 0.334. The van der Waals surface area contributed by atoms with Gasteiger partial charge in [0.15, 0.2) is 0 Å². The van der Waals surface area contributed by atoms with Crippen molar-refractivity contribution in [1.82, 2.24) is 15.6 Å². The van der Waals surface area contributed by atoms with E-state index in [1.165, 1.54) is 18.4 Å². The summed E-state index contributed by atoms with van der Waals surface area (Å²) in [4.78, 5) is 16.9. The van der Waals surface area contributed by atoms with Gasteiger partial charge in [-0.1, -0.05) is 31.2 Å². The van der Waals surface area contributed by atoms with Gasteiger partial charge in [-0.05, 0) is 80.1 Å². The van der Waals surface area contributed by atoms with Crippen LogP contribution < -0.4 is 16.4 Å². The van der Waals surface area contributed by atoms with Gasteiger partial charge in [0.25, 0.3) is 0 Å². The summed E-state index contributed by atoms with van der Waals surface area (Å²) >= 11 is 0. The molecule has 1 saturated heterocycles. The number of nitrogens with one attached hydrogen (secondary N) is 2. The molecular weight excluding hydrogens is 348 g/mol. The first-order valence-electron chi connectivity index (χ1n) is 10.4. The van der Waals surface area contributed by atoms with Crippen molar-refractivity contribution in [2.24, 2.45) is 11.7 Å². The number of pyridine rings is 1. The molecule has 3 rings (SSSR count). The molecule has 1 atom stereocenters. The molecule has 5 heteroatoms. The van der Waals surface area contributed by atoms with Crippen molar-refractivity contribution in [3.05, 3.63) is 65.5 Å². The standard InChI is InChI=1S/C23H32N4O/c1-2-18-3-5-21(6-4-18)23(22(24)28,17-20-9-14-26-15-10-20)27-16-11-19-7-12-25-13-8-19/h3-6,9-10,14-15,19,25,27H,2,7-8,11-13,16-17H2,1H3,(H2,24,28). The summed E-state index contributed by atoms with van der Waals surface area (Å²) in [6, 6.07) is 12.2. The topological polar surface area (TPSA) is 80.0 Å². The Hall–Kier alpha value is -2.24. The van der Waals surface area contributed by atoms with Gasteiger partial charge >= 0.3 is 0 Å². The third-order valence-electron chi connectivity index (χ3n) is 5.93. The lowest BCUT2D eigenvalue weighted by Gasteiger charge is -2.34. The van der Waals surface area contributed by atoms with Crippen LogP contribution in [0.3, 0.4) is 0 Å². The van der Waals surface area contributed by atoms with Crippen LogP contribution in [0, 0.1) is 5.92 Å². The normalized spacial score (nSPS) is 17.2. The number of hydrogen-bond acceptors (Lipinski definition) is 4. The highest BCUT2D eigenvalue weighted by molar-refractivity contribution is 5.86. The Kier molecular flexibility index (Phi) is 7.18. The summed E-state index contributed by atoms with van der Waals surface area (Å²) in [5, 5.41) is 6.98. The van der Waals surface area contributed by atoms with Crippen molar-refractivity contribution >= 4 is 5.91 Å². The Balaban J connectivity index is 1.84. The highest BCUT2D eigenvalue weighted by atomic mass is 16.1. The lowest BCUT2D eigenvalue weighted by molar-refractivity contribution is -0.124. The van der Waals surface area contributed by atoms with Gasteiger partial charge in [0.1, 0.15) is 5.54 Å². The summed E-state index contributed by atoms with van der Waals surface area (Å²) in [7, 11) is 0. The number of primary amides is 1. The smallest absolute Gasteiger partial charge is 0.242 e. The van der Waals surface area contributed by atoms with Crippen molar-refractivity contribution in [2.75, 3.05) is 19.6 Å². The molecule has 2 aromatic rings. The van der Waals surface area contributed by atoms with E-state index in [4.69, 9.17) is 5.73 Å². The number of nitrogens with two attached hydrogens (primary N) is 1. The number of hydrogen-bond donors (Lipinski definition) is 3. The maximum Gasteiger partial charge on any atom is 0.242 e. The van der Waals surface area contributed by atoms with Gasteiger partial charge in [0.2, 0.25) is 5.91 Å². The lowest BCUT2D eigenvalue weighted by atomic mass is 9.82. The number of aromatic nitrogens is 1. The van der Waals surface area contributed by atoms with Crippen molar-refractivity contribution in [3.63, 3.8) is 0 Å². The van der Waals surface area contributed by atoms with Gasteiger partial charge < -0.3 is 11.1 Å². The van der Waals surface area contributed by atoms with Gasteiger partial charge in [0, 0.05) is 18.8 Å². The van der Waals surface area contributed by atoms with Gasteiger partial charge in [-0.15, -0.1) is 0 Å². The average molecular weight is 381 g/mol. The van der Waals surface area contributed by atoms with Crippen LogP contribution in [0.4, 0.5) is 0 Å². The van der Waals surface area contributed by atoms with E-state index in [0.717, 1.165) is 43.6 Å². The highest BCUT2D eigenvalue weighted by Gasteiger charge is 2.38. The van der Waals surface area contributed by atoms with E-state index in [1.807, 2.05) is 24.3 Å². The largest absolute Gasteiger partial charge is 0.368 e. The second kappa shape index (κ2) is 9.80. The molecule has 1 aromatic carbocycles. The summed E-state index contributed by atoms with van der Waals surface area (Å²) in [6.45, 7) is 5.07. The Morgan fingerprint density at radius 1 is 1.14 bits per heavy atom. The van der Waals surface area contributed by atoms with Crippen molar-refractivity contribution in [3.8, 4) is 0 Å². The van der Waals surface area contributed by atoms with Crippen LogP contribution >= 0.6 is 0 Å². The Morgan fingerprint density at radius 2 is 1.82 bits per heavy atom. The maximum absolute atomic E-state index is 12.8. The molecule has 0 radical (unpaired) electrons. The average Bonchev–Trinajstić information content (AvgIpc) is 2.74. The number of aryl methyl sites for hydroxylation is 1.